The first-order chi connectivity index (χ1) is 6.22. The third-order valence-electron chi connectivity index (χ3n) is 1.95. The second-order valence-corrected chi connectivity index (χ2v) is 2.83. The van der Waals surface area contributed by atoms with E-state index >= 15 is 0 Å². The van der Waals surface area contributed by atoms with Gasteiger partial charge in [-0.25, -0.2) is 8.78 Å². The number of hydrogen-bond acceptors (Lipinski definition) is 2. The molecule has 0 saturated carbocycles. The van der Waals surface area contributed by atoms with Crippen molar-refractivity contribution >= 4 is 0 Å². The molecule has 1 aromatic carbocycles. The lowest BCUT2D eigenvalue weighted by Gasteiger charge is -2.06. The van der Waals surface area contributed by atoms with Crippen LogP contribution in [0.5, 0.6) is 5.75 Å². The Morgan fingerprint density at radius 3 is 2.54 bits per heavy atom. The van der Waals surface area contributed by atoms with Gasteiger partial charge in [0.1, 0.15) is 11.9 Å². The average Bonchev–Trinajstić information content (AvgIpc) is 2.92. The summed E-state index contributed by atoms with van der Waals surface area (Å²) in [5.74, 6) is -1.44. The maximum atomic E-state index is 12.8. The van der Waals surface area contributed by atoms with E-state index in [1.807, 2.05) is 0 Å². The summed E-state index contributed by atoms with van der Waals surface area (Å²) in [4.78, 5) is 0. The molecule has 0 spiro atoms. The van der Waals surface area contributed by atoms with Crippen molar-refractivity contribution in [3.8, 4) is 5.75 Å². The third-order valence-corrected chi connectivity index (χ3v) is 1.95. The molecule has 2 rings (SSSR count). The molecule has 0 radical (unpaired) electrons. The van der Waals surface area contributed by atoms with Crippen LogP contribution in [0.15, 0.2) is 12.1 Å². The summed E-state index contributed by atoms with van der Waals surface area (Å²) in [5.41, 5.74) is 0.571. The lowest BCUT2D eigenvalue weighted by atomic mass is 10.1. The Bertz CT molecular complexity index is 335. The first-order valence-corrected chi connectivity index (χ1v) is 3.87. The summed E-state index contributed by atoms with van der Waals surface area (Å²) >= 11 is 0. The van der Waals surface area contributed by atoms with Crippen LogP contribution in [0.3, 0.4) is 0 Å². The lowest BCUT2D eigenvalue weighted by Crippen LogP contribution is -1.94. The van der Waals surface area contributed by atoms with Gasteiger partial charge >= 0.3 is 0 Å². The topological polar surface area (TPSA) is 21.8 Å². The second-order valence-electron chi connectivity index (χ2n) is 2.83. The standard InChI is InChI=1S/C9H8F2O2/c1-12-8-3-7(11)6(10)2-5(8)9-4-13-9/h2-3,9H,4H2,1H3. The molecule has 4 heteroatoms. The van der Waals surface area contributed by atoms with Crippen molar-refractivity contribution in [3.63, 3.8) is 0 Å². The predicted octanol–water partition coefficient (Wildman–Crippen LogP) is 2.04. The lowest BCUT2D eigenvalue weighted by molar-refractivity contribution is 0.376. The predicted molar refractivity (Wildman–Crippen MR) is 41.6 cm³/mol. The van der Waals surface area contributed by atoms with Crippen molar-refractivity contribution in [2.24, 2.45) is 0 Å². The normalized spacial score (nSPS) is 20.1. The zero-order valence-corrected chi connectivity index (χ0v) is 7.01. The summed E-state index contributed by atoms with van der Waals surface area (Å²) < 4.78 is 35.4. The number of methoxy groups -OCH3 is 1. The SMILES string of the molecule is COc1cc(F)c(F)cc1C1CO1. The number of epoxide rings is 1. The second kappa shape index (κ2) is 2.96. The average molecular weight is 186 g/mol. The first-order valence-electron chi connectivity index (χ1n) is 3.87. The molecule has 1 saturated heterocycles. The molecule has 0 aromatic heterocycles. The highest BCUT2D eigenvalue weighted by Gasteiger charge is 2.29. The van der Waals surface area contributed by atoms with E-state index in [0.717, 1.165) is 12.1 Å². The summed E-state index contributed by atoms with van der Waals surface area (Å²) in [7, 11) is 1.42. The van der Waals surface area contributed by atoms with Gasteiger partial charge in [-0.3, -0.25) is 0 Å². The monoisotopic (exact) mass is 186 g/mol. The van der Waals surface area contributed by atoms with E-state index < -0.39 is 11.6 Å². The first kappa shape index (κ1) is 8.44. The molecule has 1 aliphatic heterocycles. The van der Waals surface area contributed by atoms with Gasteiger partial charge in [0.15, 0.2) is 11.6 Å². The minimum Gasteiger partial charge on any atom is -0.496 e. The minimum atomic E-state index is -0.902. The molecule has 1 unspecified atom stereocenters. The van der Waals surface area contributed by atoms with Crippen molar-refractivity contribution < 1.29 is 18.3 Å². The van der Waals surface area contributed by atoms with Crippen LogP contribution in [-0.4, -0.2) is 13.7 Å². The Hall–Kier alpha value is -1.16. The van der Waals surface area contributed by atoms with Gasteiger partial charge in [0, 0.05) is 11.6 Å². The molecule has 1 aliphatic rings. The van der Waals surface area contributed by atoms with Crippen LogP contribution < -0.4 is 4.74 Å². The molecule has 1 heterocycles. The zero-order chi connectivity index (χ0) is 9.42. The molecule has 70 valence electrons. The summed E-state index contributed by atoms with van der Waals surface area (Å²) in [6, 6.07) is 2.15. The molecule has 0 N–H and O–H groups in total. The van der Waals surface area contributed by atoms with Crippen molar-refractivity contribution in [3.05, 3.63) is 29.3 Å². The van der Waals surface area contributed by atoms with Crippen LogP contribution in [0.4, 0.5) is 8.78 Å². The number of halogens is 2. The van der Waals surface area contributed by atoms with Gasteiger partial charge in [0.05, 0.1) is 13.7 Å². The van der Waals surface area contributed by atoms with E-state index in [1.54, 1.807) is 0 Å². The molecule has 2 nitrogen and oxygen atoms in total. The van der Waals surface area contributed by atoms with Crippen LogP contribution in [0.1, 0.15) is 11.7 Å². The highest BCUT2D eigenvalue weighted by molar-refractivity contribution is 5.38. The molecule has 1 atom stereocenters. The van der Waals surface area contributed by atoms with E-state index in [0.29, 0.717) is 17.9 Å². The quantitative estimate of drug-likeness (QED) is 0.659. The minimum absolute atomic E-state index is 0.134. The van der Waals surface area contributed by atoms with Crippen molar-refractivity contribution in [1.29, 1.82) is 0 Å². The fourth-order valence-electron chi connectivity index (χ4n) is 1.20. The van der Waals surface area contributed by atoms with E-state index in [9.17, 15) is 8.78 Å². The molecule has 0 aliphatic carbocycles. The van der Waals surface area contributed by atoms with E-state index in [4.69, 9.17) is 9.47 Å². The smallest absolute Gasteiger partial charge is 0.162 e. The largest absolute Gasteiger partial charge is 0.496 e. The van der Waals surface area contributed by atoms with Crippen LogP contribution >= 0.6 is 0 Å². The van der Waals surface area contributed by atoms with E-state index in [-0.39, 0.29) is 6.10 Å². The van der Waals surface area contributed by atoms with Gasteiger partial charge in [-0.1, -0.05) is 0 Å². The molecule has 0 amide bonds. The molecular weight excluding hydrogens is 178 g/mol. The van der Waals surface area contributed by atoms with Gasteiger partial charge in [0.25, 0.3) is 0 Å². The van der Waals surface area contributed by atoms with Gasteiger partial charge < -0.3 is 9.47 Å². The fraction of sp³-hybridized carbons (Fsp3) is 0.333. The Kier molecular flexibility index (Phi) is 1.92. The number of benzene rings is 1. The molecule has 13 heavy (non-hydrogen) atoms. The van der Waals surface area contributed by atoms with Gasteiger partial charge in [-0.05, 0) is 6.07 Å². The van der Waals surface area contributed by atoms with Crippen LogP contribution in [-0.2, 0) is 4.74 Å². The van der Waals surface area contributed by atoms with Crippen molar-refractivity contribution in [1.82, 2.24) is 0 Å². The Morgan fingerprint density at radius 1 is 1.38 bits per heavy atom. The molecule has 0 bridgehead atoms. The zero-order valence-electron chi connectivity index (χ0n) is 7.01. The molecular formula is C9H8F2O2. The summed E-state index contributed by atoms with van der Waals surface area (Å²) in [6.45, 7) is 0.543. The highest BCUT2D eigenvalue weighted by Crippen LogP contribution is 2.37. The summed E-state index contributed by atoms with van der Waals surface area (Å²) in [6.07, 6.45) is -0.134. The van der Waals surface area contributed by atoms with Crippen molar-refractivity contribution in [2.45, 2.75) is 6.10 Å². The van der Waals surface area contributed by atoms with Crippen LogP contribution in [0.25, 0.3) is 0 Å². The van der Waals surface area contributed by atoms with Gasteiger partial charge in [-0.2, -0.15) is 0 Å². The van der Waals surface area contributed by atoms with Gasteiger partial charge in [0.2, 0.25) is 0 Å². The van der Waals surface area contributed by atoms with Crippen LogP contribution in [0.2, 0.25) is 0 Å². The third kappa shape index (κ3) is 1.49. The molecule has 1 fully saturated rings. The summed E-state index contributed by atoms with van der Waals surface area (Å²) in [5, 5.41) is 0. The van der Waals surface area contributed by atoms with Crippen molar-refractivity contribution in [2.75, 3.05) is 13.7 Å². The maximum absolute atomic E-state index is 12.8. The number of hydrogen-bond donors (Lipinski definition) is 0. The van der Waals surface area contributed by atoms with Crippen LogP contribution in [0, 0.1) is 11.6 Å². The maximum Gasteiger partial charge on any atom is 0.162 e. The fourth-order valence-corrected chi connectivity index (χ4v) is 1.20. The Balaban J connectivity index is 2.46. The highest BCUT2D eigenvalue weighted by atomic mass is 19.2. The van der Waals surface area contributed by atoms with Gasteiger partial charge in [-0.15, -0.1) is 0 Å². The number of rotatable bonds is 2. The van der Waals surface area contributed by atoms with E-state index in [2.05, 4.69) is 0 Å². The Labute approximate surface area is 74.1 Å². The Morgan fingerprint density at radius 2 is 2.00 bits per heavy atom. The number of ether oxygens (including phenoxy) is 2. The molecule has 1 aromatic rings. The van der Waals surface area contributed by atoms with E-state index in [1.165, 1.54) is 7.11 Å².